The van der Waals surface area contributed by atoms with E-state index in [1.165, 1.54) is 77.9 Å². The average molecular weight is 856 g/mol. The third kappa shape index (κ3) is 4.70. The van der Waals surface area contributed by atoms with Gasteiger partial charge in [-0.3, -0.25) is 0 Å². The Morgan fingerprint density at radius 2 is 0.806 bits per heavy atom. The van der Waals surface area contributed by atoms with Crippen LogP contribution in [0.15, 0.2) is 221 Å². The first kappa shape index (κ1) is 36.9. The summed E-state index contributed by atoms with van der Waals surface area (Å²) in [5.74, 6) is 0. The number of nitrogens with zero attached hydrogens (tertiary/aromatic N) is 1. The van der Waals surface area contributed by atoms with Gasteiger partial charge in [0.2, 0.25) is 0 Å². The van der Waals surface area contributed by atoms with Crippen molar-refractivity contribution >= 4 is 60.9 Å². The smallest absolute Gasteiger partial charge is 0.137 e. The summed E-state index contributed by atoms with van der Waals surface area (Å²) in [6.45, 7) is 4.73. The molecule has 0 bridgehead atoms. The Morgan fingerprint density at radius 3 is 1.49 bits per heavy atom. The minimum atomic E-state index is -0.707. The molecule has 3 aliphatic carbocycles. The maximum atomic E-state index is 6.64. The van der Waals surface area contributed by atoms with Gasteiger partial charge in [0.25, 0.3) is 0 Å². The lowest BCUT2D eigenvalue weighted by molar-refractivity contribution is 0.660. The van der Waals surface area contributed by atoms with Crippen LogP contribution in [0.1, 0.15) is 47.2 Å². The number of hydrogen-bond donors (Lipinski definition) is 0. The van der Waals surface area contributed by atoms with Crippen LogP contribution in [-0.4, -0.2) is 0 Å². The van der Waals surface area contributed by atoms with Crippen molar-refractivity contribution in [2.75, 3.05) is 4.90 Å². The molecule has 0 aliphatic heterocycles. The standard InChI is InChI=1S/C64H41NO2/c1-63(2)49-23-10-5-19-43(49)45-33-31-38(36-53(45)63)65(55-26-15-29-58-61(55)47-21-8-13-27-56(47)66-58)39-30-32-44-41-17-4-3-16-40(41)42-18-6-11-24-50(42)64(54(44)37-39)51-25-12-7-20-46(51)60-52(64)34-35-59-62(60)48-22-9-14-28-57(48)67-59/h3-37H,1-2H3. The van der Waals surface area contributed by atoms with Crippen molar-refractivity contribution in [2.24, 2.45) is 0 Å². The zero-order valence-electron chi connectivity index (χ0n) is 37.0. The van der Waals surface area contributed by atoms with E-state index in [1.807, 2.05) is 0 Å². The first-order chi connectivity index (χ1) is 33.0. The van der Waals surface area contributed by atoms with Gasteiger partial charge in [0.1, 0.15) is 22.3 Å². The van der Waals surface area contributed by atoms with Gasteiger partial charge >= 0.3 is 0 Å². The Morgan fingerprint density at radius 1 is 0.328 bits per heavy atom. The van der Waals surface area contributed by atoms with Crippen LogP contribution in [0.3, 0.4) is 0 Å². The van der Waals surface area contributed by atoms with Crippen LogP contribution in [0.2, 0.25) is 0 Å². The van der Waals surface area contributed by atoms with Crippen LogP contribution in [0.25, 0.3) is 88.4 Å². The molecule has 0 saturated carbocycles. The lowest BCUT2D eigenvalue weighted by Crippen LogP contribution is -2.29. The van der Waals surface area contributed by atoms with Crippen molar-refractivity contribution in [3.8, 4) is 44.5 Å². The highest BCUT2D eigenvalue weighted by Gasteiger charge is 2.51. The van der Waals surface area contributed by atoms with Crippen LogP contribution in [-0.2, 0) is 10.8 Å². The second kappa shape index (κ2) is 13.1. The summed E-state index contributed by atoms with van der Waals surface area (Å²) in [6.07, 6.45) is 0. The molecule has 3 nitrogen and oxygen atoms in total. The van der Waals surface area contributed by atoms with E-state index in [0.717, 1.165) is 60.9 Å². The van der Waals surface area contributed by atoms with Crippen molar-refractivity contribution < 1.29 is 8.83 Å². The molecule has 2 aromatic heterocycles. The summed E-state index contributed by atoms with van der Waals surface area (Å²) < 4.78 is 13.3. The van der Waals surface area contributed by atoms with Crippen molar-refractivity contribution in [3.05, 3.63) is 246 Å². The van der Waals surface area contributed by atoms with Crippen molar-refractivity contribution in [1.82, 2.24) is 0 Å². The zero-order chi connectivity index (χ0) is 44.2. The van der Waals surface area contributed by atoms with E-state index in [9.17, 15) is 0 Å². The molecule has 2 heterocycles. The molecule has 1 spiro atoms. The highest BCUT2D eigenvalue weighted by molar-refractivity contribution is 6.17. The van der Waals surface area contributed by atoms with E-state index in [2.05, 4.69) is 231 Å². The van der Waals surface area contributed by atoms with Crippen LogP contribution in [0, 0.1) is 0 Å². The normalized spacial score (nSPS) is 15.8. The van der Waals surface area contributed by atoms with Crippen molar-refractivity contribution in [1.29, 1.82) is 0 Å². The Balaban J connectivity index is 1.09. The topological polar surface area (TPSA) is 29.5 Å². The number of rotatable bonds is 3. The molecule has 3 aliphatic rings. The van der Waals surface area contributed by atoms with E-state index in [1.54, 1.807) is 0 Å². The molecule has 12 aromatic rings. The van der Waals surface area contributed by atoms with E-state index < -0.39 is 5.41 Å². The summed E-state index contributed by atoms with van der Waals surface area (Å²) in [6, 6.07) is 78.6. The van der Waals surface area contributed by atoms with Gasteiger partial charge in [-0.2, -0.15) is 0 Å². The molecule has 67 heavy (non-hydrogen) atoms. The van der Waals surface area contributed by atoms with Crippen LogP contribution < -0.4 is 4.90 Å². The molecule has 0 fully saturated rings. The number of para-hydroxylation sites is 2. The number of fused-ring (bicyclic) bond motifs is 22. The fraction of sp³-hybridized carbons (Fsp3) is 0.0625. The third-order valence-corrected chi connectivity index (χ3v) is 15.5. The number of anilines is 3. The van der Waals surface area contributed by atoms with Gasteiger partial charge in [-0.25, -0.2) is 0 Å². The summed E-state index contributed by atoms with van der Waals surface area (Å²) in [4.78, 5) is 2.49. The van der Waals surface area contributed by atoms with Gasteiger partial charge < -0.3 is 13.7 Å². The maximum Gasteiger partial charge on any atom is 0.137 e. The first-order valence-corrected chi connectivity index (χ1v) is 23.3. The summed E-state index contributed by atoms with van der Waals surface area (Å²) in [7, 11) is 0. The SMILES string of the molecule is CC1(C)c2ccccc2-c2ccc(N(c3ccc4c(c3)C3(c5ccccc5-c5ccccc5-4)c4ccccc4-c4c3ccc3oc5ccccc5c43)c3cccc4oc5ccccc5c34)cc21. The molecule has 1 unspecified atom stereocenters. The zero-order valence-corrected chi connectivity index (χ0v) is 37.0. The predicted molar refractivity (Wildman–Crippen MR) is 275 cm³/mol. The maximum absolute atomic E-state index is 6.64. The molecule has 10 aromatic carbocycles. The van der Waals surface area contributed by atoms with Crippen molar-refractivity contribution in [2.45, 2.75) is 24.7 Å². The average Bonchev–Trinajstić information content (AvgIpc) is 4.08. The quantitative estimate of drug-likeness (QED) is 0.177. The number of hydrogen-bond acceptors (Lipinski definition) is 3. The minimum absolute atomic E-state index is 0.187. The largest absolute Gasteiger partial charge is 0.456 e. The monoisotopic (exact) mass is 855 g/mol. The molecule has 0 saturated heterocycles. The lowest BCUT2D eigenvalue weighted by Gasteiger charge is -2.36. The van der Waals surface area contributed by atoms with Gasteiger partial charge in [-0.1, -0.05) is 172 Å². The molecular weight excluding hydrogens is 815 g/mol. The van der Waals surface area contributed by atoms with Gasteiger partial charge in [0.15, 0.2) is 0 Å². The van der Waals surface area contributed by atoms with Gasteiger partial charge in [0.05, 0.1) is 16.5 Å². The lowest BCUT2D eigenvalue weighted by atomic mass is 9.65. The summed E-state index contributed by atoms with van der Waals surface area (Å²) in [5, 5.41) is 4.48. The Hall–Kier alpha value is -8.40. The fourth-order valence-electron chi connectivity index (χ4n) is 12.7. The first-order valence-electron chi connectivity index (χ1n) is 23.3. The molecule has 1 atom stereocenters. The Labute approximate surface area is 387 Å². The van der Waals surface area contributed by atoms with Gasteiger partial charge in [-0.15, -0.1) is 0 Å². The summed E-state index contributed by atoms with van der Waals surface area (Å²) >= 11 is 0. The molecule has 3 heteroatoms. The van der Waals surface area contributed by atoms with Crippen molar-refractivity contribution in [3.63, 3.8) is 0 Å². The molecule has 0 radical (unpaired) electrons. The minimum Gasteiger partial charge on any atom is -0.456 e. The number of furan rings is 2. The third-order valence-electron chi connectivity index (χ3n) is 15.5. The van der Waals surface area contributed by atoms with E-state index in [0.29, 0.717) is 0 Å². The van der Waals surface area contributed by atoms with E-state index >= 15 is 0 Å². The molecule has 0 amide bonds. The number of benzene rings is 10. The van der Waals surface area contributed by atoms with Crippen LogP contribution >= 0.6 is 0 Å². The van der Waals surface area contributed by atoms with E-state index in [4.69, 9.17) is 8.83 Å². The predicted octanol–water partition coefficient (Wildman–Crippen LogP) is 17.3. The molecule has 15 rings (SSSR count). The molecular formula is C64H41NO2. The summed E-state index contributed by atoms with van der Waals surface area (Å²) in [5.41, 5.74) is 23.6. The molecule has 314 valence electrons. The van der Waals surface area contributed by atoms with Crippen LogP contribution in [0.4, 0.5) is 17.1 Å². The Bertz CT molecular complexity index is 4110. The highest BCUT2D eigenvalue weighted by Crippen LogP contribution is 2.64. The highest BCUT2D eigenvalue weighted by atomic mass is 16.3. The second-order valence-electron chi connectivity index (χ2n) is 19.1. The Kier molecular flexibility index (Phi) is 7.22. The van der Waals surface area contributed by atoms with Gasteiger partial charge in [0, 0.05) is 32.9 Å². The second-order valence-corrected chi connectivity index (χ2v) is 19.1. The van der Waals surface area contributed by atoms with Crippen LogP contribution in [0.5, 0.6) is 0 Å². The van der Waals surface area contributed by atoms with E-state index in [-0.39, 0.29) is 5.41 Å². The fourth-order valence-corrected chi connectivity index (χ4v) is 12.7. The molecule has 0 N–H and O–H groups in total. The van der Waals surface area contributed by atoms with Gasteiger partial charge in [-0.05, 0) is 132 Å².